The van der Waals surface area contributed by atoms with E-state index in [4.69, 9.17) is 45.1 Å². The van der Waals surface area contributed by atoms with E-state index < -0.39 is 0 Å². The first-order chi connectivity index (χ1) is 8.49. The summed E-state index contributed by atoms with van der Waals surface area (Å²) in [7, 11) is 0. The quantitative estimate of drug-likeness (QED) is 0.736. The van der Waals surface area contributed by atoms with Crippen LogP contribution in [0.25, 0.3) is 0 Å². The fraction of sp³-hybridized carbons (Fsp3) is 0. The molecular weight excluding hydrogens is 273 g/mol. The molecule has 0 spiro atoms. The third kappa shape index (κ3) is 2.39. The second-order valence-corrected chi connectivity index (χ2v) is 4.46. The van der Waals surface area contributed by atoms with Crippen LogP contribution in [0.15, 0.2) is 30.3 Å². The van der Waals surface area contributed by atoms with Gasteiger partial charge in [-0.1, -0.05) is 23.2 Å². The van der Waals surface area contributed by atoms with Crippen molar-refractivity contribution in [2.45, 2.75) is 0 Å². The van der Waals surface area contributed by atoms with Gasteiger partial charge in [-0.25, -0.2) is 0 Å². The molecule has 0 fully saturated rings. The molecule has 0 aliphatic carbocycles. The molecule has 0 heterocycles. The molecule has 94 valence electrons. The maximum Gasteiger partial charge on any atom is 0.150 e. The molecule has 0 bridgehead atoms. The van der Waals surface area contributed by atoms with Gasteiger partial charge in [0.05, 0.1) is 16.4 Å². The van der Waals surface area contributed by atoms with E-state index in [1.807, 2.05) is 0 Å². The number of ether oxygens (including phenoxy) is 1. The number of halogens is 2. The molecule has 0 radical (unpaired) electrons. The molecule has 0 unspecified atom stereocenters. The van der Waals surface area contributed by atoms with E-state index in [9.17, 15) is 0 Å². The van der Waals surface area contributed by atoms with E-state index in [1.165, 1.54) is 0 Å². The summed E-state index contributed by atoms with van der Waals surface area (Å²) in [6, 6.07) is 8.16. The van der Waals surface area contributed by atoms with Crippen molar-refractivity contribution in [1.82, 2.24) is 0 Å². The molecule has 0 saturated carbocycles. The Morgan fingerprint density at radius 2 is 1.56 bits per heavy atom. The summed E-state index contributed by atoms with van der Waals surface area (Å²) in [5.41, 5.74) is 18.3. The van der Waals surface area contributed by atoms with Crippen LogP contribution in [0, 0.1) is 0 Å². The van der Waals surface area contributed by atoms with Crippen LogP contribution in [0.1, 0.15) is 0 Å². The first-order valence-electron chi connectivity index (χ1n) is 5.05. The van der Waals surface area contributed by atoms with Gasteiger partial charge in [-0.3, -0.25) is 0 Å². The summed E-state index contributed by atoms with van der Waals surface area (Å²) < 4.78 is 5.58. The number of benzene rings is 2. The lowest BCUT2D eigenvalue weighted by Gasteiger charge is -2.12. The SMILES string of the molecule is Nc1ccc(Oc2ccc(Cl)c(N)c2Cl)c(N)c1. The van der Waals surface area contributed by atoms with E-state index in [0.29, 0.717) is 27.9 Å². The summed E-state index contributed by atoms with van der Waals surface area (Å²) in [5, 5.41) is 0.622. The molecule has 0 amide bonds. The lowest BCUT2D eigenvalue weighted by atomic mass is 10.2. The molecule has 0 aliphatic rings. The van der Waals surface area contributed by atoms with Crippen molar-refractivity contribution in [2.75, 3.05) is 17.2 Å². The Morgan fingerprint density at radius 1 is 0.889 bits per heavy atom. The van der Waals surface area contributed by atoms with Crippen LogP contribution in [0.3, 0.4) is 0 Å². The maximum atomic E-state index is 6.03. The van der Waals surface area contributed by atoms with Crippen LogP contribution in [0.2, 0.25) is 10.0 Å². The Labute approximate surface area is 114 Å². The normalized spacial score (nSPS) is 10.3. The number of anilines is 3. The molecule has 18 heavy (non-hydrogen) atoms. The van der Waals surface area contributed by atoms with Crippen molar-refractivity contribution in [1.29, 1.82) is 0 Å². The highest BCUT2D eigenvalue weighted by molar-refractivity contribution is 6.39. The van der Waals surface area contributed by atoms with Gasteiger partial charge in [-0.05, 0) is 30.3 Å². The molecule has 2 rings (SSSR count). The van der Waals surface area contributed by atoms with E-state index >= 15 is 0 Å². The van der Waals surface area contributed by atoms with Gasteiger partial charge in [0.25, 0.3) is 0 Å². The zero-order valence-corrected chi connectivity index (χ0v) is 10.8. The molecule has 0 aromatic heterocycles. The smallest absolute Gasteiger partial charge is 0.150 e. The predicted molar refractivity (Wildman–Crippen MR) is 76.2 cm³/mol. The number of hydrogen-bond acceptors (Lipinski definition) is 4. The molecule has 0 aliphatic heterocycles. The van der Waals surface area contributed by atoms with Gasteiger partial charge in [0.2, 0.25) is 0 Å². The molecule has 2 aromatic rings. The second kappa shape index (κ2) is 4.84. The standard InChI is InChI=1S/C12H11Cl2N3O/c13-7-2-4-10(11(14)12(7)17)18-9-3-1-6(15)5-8(9)16/h1-5H,15-17H2. The summed E-state index contributed by atoms with van der Waals surface area (Å²) in [6.07, 6.45) is 0. The molecule has 4 nitrogen and oxygen atoms in total. The number of nitrogen functional groups attached to an aromatic ring is 3. The van der Waals surface area contributed by atoms with Gasteiger partial charge in [0.15, 0.2) is 5.75 Å². The summed E-state index contributed by atoms with van der Waals surface area (Å²) in [6.45, 7) is 0. The highest BCUT2D eigenvalue weighted by Gasteiger charge is 2.11. The molecular formula is C12H11Cl2N3O. The van der Waals surface area contributed by atoms with E-state index in [1.54, 1.807) is 30.3 Å². The van der Waals surface area contributed by atoms with Gasteiger partial charge >= 0.3 is 0 Å². The number of nitrogens with two attached hydrogens (primary N) is 3. The average Bonchev–Trinajstić information content (AvgIpc) is 2.33. The predicted octanol–water partition coefficient (Wildman–Crippen LogP) is 3.53. The third-order valence-corrected chi connectivity index (χ3v) is 3.06. The van der Waals surface area contributed by atoms with Crippen molar-refractivity contribution in [3.05, 3.63) is 40.4 Å². The summed E-state index contributed by atoms with van der Waals surface area (Å²) >= 11 is 11.9. The first-order valence-corrected chi connectivity index (χ1v) is 5.81. The Bertz CT molecular complexity index is 602. The highest BCUT2D eigenvalue weighted by Crippen LogP contribution is 2.39. The van der Waals surface area contributed by atoms with Crippen molar-refractivity contribution >= 4 is 40.3 Å². The van der Waals surface area contributed by atoms with Gasteiger partial charge < -0.3 is 21.9 Å². The minimum absolute atomic E-state index is 0.249. The Kier molecular flexibility index (Phi) is 3.41. The van der Waals surface area contributed by atoms with Crippen LogP contribution < -0.4 is 21.9 Å². The molecule has 0 atom stereocenters. The van der Waals surface area contributed by atoms with Crippen LogP contribution in [0.4, 0.5) is 17.1 Å². The fourth-order valence-electron chi connectivity index (χ4n) is 1.41. The Morgan fingerprint density at radius 3 is 2.22 bits per heavy atom. The van der Waals surface area contributed by atoms with Crippen LogP contribution in [0.5, 0.6) is 11.5 Å². The van der Waals surface area contributed by atoms with Crippen LogP contribution >= 0.6 is 23.2 Å². The third-order valence-electron chi connectivity index (χ3n) is 2.34. The molecule has 0 saturated heterocycles. The first kappa shape index (κ1) is 12.7. The van der Waals surface area contributed by atoms with Gasteiger partial charge in [-0.15, -0.1) is 0 Å². The lowest BCUT2D eigenvalue weighted by Crippen LogP contribution is -1.96. The topological polar surface area (TPSA) is 87.3 Å². The monoisotopic (exact) mass is 283 g/mol. The largest absolute Gasteiger partial charge is 0.454 e. The Hall–Kier alpha value is -1.78. The average molecular weight is 284 g/mol. The van der Waals surface area contributed by atoms with Crippen molar-refractivity contribution in [3.8, 4) is 11.5 Å². The highest BCUT2D eigenvalue weighted by atomic mass is 35.5. The lowest BCUT2D eigenvalue weighted by molar-refractivity contribution is 0.485. The molecule has 2 aromatic carbocycles. The fourth-order valence-corrected chi connectivity index (χ4v) is 1.82. The molecule has 6 heteroatoms. The van der Waals surface area contributed by atoms with Crippen molar-refractivity contribution in [3.63, 3.8) is 0 Å². The van der Waals surface area contributed by atoms with E-state index in [0.717, 1.165) is 0 Å². The minimum atomic E-state index is 0.249. The van der Waals surface area contributed by atoms with E-state index in [-0.39, 0.29) is 10.7 Å². The van der Waals surface area contributed by atoms with Gasteiger partial charge in [-0.2, -0.15) is 0 Å². The molecule has 6 N–H and O–H groups in total. The number of rotatable bonds is 2. The zero-order chi connectivity index (χ0) is 13.3. The van der Waals surface area contributed by atoms with Crippen LogP contribution in [-0.4, -0.2) is 0 Å². The summed E-state index contributed by atoms with van der Waals surface area (Å²) in [5.74, 6) is 0.836. The Balaban J connectivity index is 2.37. The van der Waals surface area contributed by atoms with Crippen LogP contribution in [-0.2, 0) is 0 Å². The second-order valence-electron chi connectivity index (χ2n) is 3.67. The van der Waals surface area contributed by atoms with Crippen molar-refractivity contribution < 1.29 is 4.74 Å². The minimum Gasteiger partial charge on any atom is -0.454 e. The van der Waals surface area contributed by atoms with Gasteiger partial charge in [0, 0.05) is 5.69 Å². The summed E-state index contributed by atoms with van der Waals surface area (Å²) in [4.78, 5) is 0. The number of hydrogen-bond donors (Lipinski definition) is 3. The van der Waals surface area contributed by atoms with Gasteiger partial charge in [0.1, 0.15) is 10.8 Å². The maximum absolute atomic E-state index is 6.03. The van der Waals surface area contributed by atoms with E-state index in [2.05, 4.69) is 0 Å². The zero-order valence-electron chi connectivity index (χ0n) is 9.28. The van der Waals surface area contributed by atoms with Crippen molar-refractivity contribution in [2.24, 2.45) is 0 Å².